The van der Waals surface area contributed by atoms with Gasteiger partial charge in [-0.2, -0.15) is 13.2 Å². The Labute approximate surface area is 177 Å². The lowest BCUT2D eigenvalue weighted by Gasteiger charge is -2.16. The minimum atomic E-state index is -4.99. The van der Waals surface area contributed by atoms with Crippen LogP contribution in [0.3, 0.4) is 0 Å². The van der Waals surface area contributed by atoms with Gasteiger partial charge in [0.15, 0.2) is 6.10 Å². The van der Waals surface area contributed by atoms with Gasteiger partial charge in [-0.1, -0.05) is 12.1 Å². The Morgan fingerprint density at radius 2 is 1.69 bits per heavy atom. The zero-order valence-electron chi connectivity index (χ0n) is 16.2. The van der Waals surface area contributed by atoms with Gasteiger partial charge in [0, 0.05) is 30.3 Å². The van der Waals surface area contributed by atoms with Gasteiger partial charge in [0.1, 0.15) is 0 Å². The van der Waals surface area contributed by atoms with Gasteiger partial charge in [0.2, 0.25) is 0 Å². The SMILES string of the molecule is CC(OC(=O)/C=C/c1cccc([N+](=O)[O-])c1)C(=O)Nc1ccc([N+](=O)[O-])cc1C(F)(F)F. The van der Waals surface area contributed by atoms with Crippen molar-refractivity contribution in [2.45, 2.75) is 19.2 Å². The molecule has 0 fully saturated rings. The number of carbonyl (C=O) groups is 2. The summed E-state index contributed by atoms with van der Waals surface area (Å²) in [5.41, 5.74) is -2.92. The molecule has 0 spiro atoms. The van der Waals surface area contributed by atoms with Gasteiger partial charge in [0.25, 0.3) is 17.3 Å². The van der Waals surface area contributed by atoms with Crippen LogP contribution in [-0.4, -0.2) is 27.8 Å². The first-order valence-electron chi connectivity index (χ1n) is 8.68. The van der Waals surface area contributed by atoms with Crippen molar-refractivity contribution in [3.05, 3.63) is 79.9 Å². The fourth-order valence-electron chi connectivity index (χ4n) is 2.40. The Kier molecular flexibility index (Phi) is 7.25. The fraction of sp³-hybridized carbons (Fsp3) is 0.158. The molecule has 0 aromatic heterocycles. The van der Waals surface area contributed by atoms with Gasteiger partial charge in [0.05, 0.1) is 21.1 Å². The molecule has 0 saturated heterocycles. The molecule has 1 N–H and O–H groups in total. The Morgan fingerprint density at radius 1 is 1.06 bits per heavy atom. The van der Waals surface area contributed by atoms with E-state index in [-0.39, 0.29) is 11.8 Å². The van der Waals surface area contributed by atoms with Crippen molar-refractivity contribution in [1.82, 2.24) is 0 Å². The van der Waals surface area contributed by atoms with E-state index in [1.54, 1.807) is 0 Å². The highest BCUT2D eigenvalue weighted by Gasteiger charge is 2.36. The summed E-state index contributed by atoms with van der Waals surface area (Å²) in [5.74, 6) is -2.14. The van der Waals surface area contributed by atoms with Gasteiger partial charge in [-0.05, 0) is 24.6 Å². The summed E-state index contributed by atoms with van der Waals surface area (Å²) < 4.78 is 44.4. The number of halogens is 3. The van der Waals surface area contributed by atoms with Crippen LogP contribution >= 0.6 is 0 Å². The molecule has 2 aromatic carbocycles. The summed E-state index contributed by atoms with van der Waals surface area (Å²) in [6.07, 6.45) is -4.43. The molecule has 1 amide bonds. The van der Waals surface area contributed by atoms with E-state index in [2.05, 4.69) is 0 Å². The molecular weight excluding hydrogens is 439 g/mol. The molecule has 10 nitrogen and oxygen atoms in total. The van der Waals surface area contributed by atoms with Gasteiger partial charge in [-0.25, -0.2) is 4.79 Å². The van der Waals surface area contributed by atoms with Crippen LogP contribution in [0.15, 0.2) is 48.5 Å². The molecule has 13 heteroatoms. The van der Waals surface area contributed by atoms with Gasteiger partial charge >= 0.3 is 12.1 Å². The first-order chi connectivity index (χ1) is 14.9. The minimum absolute atomic E-state index is 0.211. The second-order valence-corrected chi connectivity index (χ2v) is 6.24. The number of esters is 1. The highest BCUT2D eigenvalue weighted by Crippen LogP contribution is 2.37. The maximum atomic E-state index is 13.2. The van der Waals surface area contributed by atoms with Crippen LogP contribution in [0.2, 0.25) is 0 Å². The summed E-state index contributed by atoms with van der Waals surface area (Å²) in [5, 5.41) is 23.4. The zero-order chi connectivity index (χ0) is 24.1. The van der Waals surface area contributed by atoms with Crippen molar-refractivity contribution in [3.8, 4) is 0 Å². The third kappa shape index (κ3) is 6.35. The predicted octanol–water partition coefficient (Wildman–Crippen LogP) is 4.11. The van der Waals surface area contributed by atoms with E-state index in [0.29, 0.717) is 5.56 Å². The van der Waals surface area contributed by atoms with Gasteiger partial charge < -0.3 is 10.1 Å². The topological polar surface area (TPSA) is 142 Å². The highest BCUT2D eigenvalue weighted by atomic mass is 19.4. The number of hydrogen-bond donors (Lipinski definition) is 1. The van der Waals surface area contributed by atoms with Crippen LogP contribution in [0.1, 0.15) is 18.1 Å². The Balaban J connectivity index is 2.08. The van der Waals surface area contributed by atoms with Crippen molar-refractivity contribution in [2.75, 3.05) is 5.32 Å². The number of nitro groups is 2. The fourth-order valence-corrected chi connectivity index (χ4v) is 2.40. The average molecular weight is 453 g/mol. The number of non-ortho nitro benzene ring substituents is 2. The third-order valence-electron chi connectivity index (χ3n) is 3.93. The van der Waals surface area contributed by atoms with Crippen LogP contribution < -0.4 is 5.32 Å². The third-order valence-corrected chi connectivity index (χ3v) is 3.93. The van der Waals surface area contributed by atoms with Gasteiger partial charge in [-0.3, -0.25) is 25.0 Å². The molecule has 168 valence electrons. The zero-order valence-corrected chi connectivity index (χ0v) is 16.2. The molecule has 0 radical (unpaired) electrons. The highest BCUT2D eigenvalue weighted by molar-refractivity contribution is 5.97. The molecule has 0 heterocycles. The van der Waals surface area contributed by atoms with Crippen molar-refractivity contribution >= 4 is 35.0 Å². The number of ether oxygens (including phenoxy) is 1. The summed E-state index contributed by atoms with van der Waals surface area (Å²) in [7, 11) is 0. The predicted molar refractivity (Wildman–Crippen MR) is 104 cm³/mol. The number of carbonyl (C=O) groups excluding carboxylic acids is 2. The van der Waals surface area contributed by atoms with Crippen molar-refractivity contribution in [3.63, 3.8) is 0 Å². The molecule has 0 saturated carbocycles. The Morgan fingerprint density at radius 3 is 2.28 bits per heavy atom. The standard InChI is InChI=1S/C19H14F3N3O7/c1-11(32-17(26)8-5-12-3-2-4-13(9-12)24(28)29)18(27)23-16-7-6-14(25(30)31)10-15(16)19(20,21)22/h2-11H,1H3,(H,23,27)/b8-5+. The molecule has 1 atom stereocenters. The molecule has 0 aliphatic carbocycles. The van der Waals surface area contributed by atoms with Crippen molar-refractivity contribution in [1.29, 1.82) is 0 Å². The number of nitrogens with zero attached hydrogens (tertiary/aromatic N) is 2. The Hall–Kier alpha value is -4.29. The van der Waals surface area contributed by atoms with E-state index >= 15 is 0 Å². The number of hydrogen-bond acceptors (Lipinski definition) is 7. The first-order valence-corrected chi connectivity index (χ1v) is 8.68. The van der Waals surface area contributed by atoms with E-state index in [0.717, 1.165) is 25.1 Å². The smallest absolute Gasteiger partial charge is 0.418 e. The summed E-state index contributed by atoms with van der Waals surface area (Å²) >= 11 is 0. The first kappa shape index (κ1) is 24.0. The van der Waals surface area contributed by atoms with Crippen LogP contribution in [0.25, 0.3) is 6.08 Å². The van der Waals surface area contributed by atoms with Crippen molar-refractivity contribution < 1.29 is 37.3 Å². The normalized spacial score (nSPS) is 12.2. The summed E-state index contributed by atoms with van der Waals surface area (Å²) in [6.45, 7) is 1.10. The number of anilines is 1. The quantitative estimate of drug-likeness (QED) is 0.288. The van der Waals surface area contributed by atoms with Crippen LogP contribution in [-0.2, 0) is 20.5 Å². The maximum Gasteiger partial charge on any atom is 0.418 e. The lowest BCUT2D eigenvalue weighted by Crippen LogP contribution is -2.30. The monoisotopic (exact) mass is 453 g/mol. The number of benzene rings is 2. The van der Waals surface area contributed by atoms with E-state index in [1.807, 2.05) is 5.32 Å². The lowest BCUT2D eigenvalue weighted by atomic mass is 10.1. The van der Waals surface area contributed by atoms with E-state index < -0.39 is 50.9 Å². The number of amides is 1. The molecule has 0 aliphatic rings. The molecule has 32 heavy (non-hydrogen) atoms. The minimum Gasteiger partial charge on any atom is -0.449 e. The van der Waals surface area contributed by atoms with Crippen LogP contribution in [0.5, 0.6) is 0 Å². The van der Waals surface area contributed by atoms with Crippen LogP contribution in [0.4, 0.5) is 30.2 Å². The van der Waals surface area contributed by atoms with E-state index in [4.69, 9.17) is 4.74 Å². The molecular formula is C19H14F3N3O7. The lowest BCUT2D eigenvalue weighted by molar-refractivity contribution is -0.385. The average Bonchev–Trinajstić information content (AvgIpc) is 2.71. The summed E-state index contributed by atoms with van der Waals surface area (Å²) in [6, 6.07) is 7.07. The van der Waals surface area contributed by atoms with E-state index in [1.165, 1.54) is 30.3 Å². The van der Waals surface area contributed by atoms with Gasteiger partial charge in [-0.15, -0.1) is 0 Å². The molecule has 0 bridgehead atoms. The maximum absolute atomic E-state index is 13.2. The molecule has 0 aliphatic heterocycles. The van der Waals surface area contributed by atoms with Crippen LogP contribution in [0, 0.1) is 20.2 Å². The number of nitro benzene ring substituents is 2. The molecule has 2 aromatic rings. The number of rotatable bonds is 7. The van der Waals surface area contributed by atoms with Crippen molar-refractivity contribution in [2.24, 2.45) is 0 Å². The summed E-state index contributed by atoms with van der Waals surface area (Å²) in [4.78, 5) is 43.8. The Bertz CT molecular complexity index is 1100. The van der Waals surface area contributed by atoms with E-state index in [9.17, 15) is 43.0 Å². The largest absolute Gasteiger partial charge is 0.449 e. The second kappa shape index (κ2) is 9.68. The molecule has 1 unspecified atom stereocenters. The molecule has 2 rings (SSSR count). The number of nitrogens with one attached hydrogen (secondary N) is 1. The number of alkyl halides is 3. The second-order valence-electron chi connectivity index (χ2n) is 6.24.